The summed E-state index contributed by atoms with van der Waals surface area (Å²) in [6, 6.07) is 3.41. The van der Waals surface area contributed by atoms with Crippen molar-refractivity contribution in [3.63, 3.8) is 0 Å². The number of aryl methyl sites for hydroxylation is 2. The summed E-state index contributed by atoms with van der Waals surface area (Å²) in [5, 5.41) is -0.247. The molecule has 0 atom stereocenters. The Kier molecular flexibility index (Phi) is 5.88. The molecule has 0 bridgehead atoms. The fraction of sp³-hybridized carbons (Fsp3) is 0.438. The van der Waals surface area contributed by atoms with Crippen LogP contribution in [0.5, 0.6) is 0 Å². The molecule has 2 aromatic rings. The molecule has 0 N–H and O–H groups in total. The van der Waals surface area contributed by atoms with Crippen LogP contribution >= 0.6 is 15.9 Å². The molecule has 0 saturated heterocycles. The molecule has 0 unspecified atom stereocenters. The van der Waals surface area contributed by atoms with Crippen LogP contribution in [0.2, 0.25) is 0 Å². The fourth-order valence-electron chi connectivity index (χ4n) is 2.58. The first kappa shape index (κ1) is 19.8. The summed E-state index contributed by atoms with van der Waals surface area (Å²) in [6.07, 6.45) is -0.0640. The second-order valence-electron chi connectivity index (χ2n) is 6.07. The molecule has 0 aliphatic carbocycles. The summed E-state index contributed by atoms with van der Waals surface area (Å²) >= 11 is 3.33. The van der Waals surface area contributed by atoms with Crippen molar-refractivity contribution in [1.29, 1.82) is 0 Å². The third-order valence-electron chi connectivity index (χ3n) is 3.74. The van der Waals surface area contributed by atoms with Gasteiger partial charge in [-0.3, -0.25) is 4.31 Å². The Balaban J connectivity index is 2.61. The number of alkyl halides is 2. The van der Waals surface area contributed by atoms with E-state index in [4.69, 9.17) is 0 Å². The van der Waals surface area contributed by atoms with Gasteiger partial charge in [0, 0.05) is 16.7 Å². The van der Waals surface area contributed by atoms with Crippen LogP contribution in [0.4, 0.5) is 14.5 Å². The van der Waals surface area contributed by atoms with Crippen LogP contribution in [0.1, 0.15) is 31.0 Å². The van der Waals surface area contributed by atoms with Crippen LogP contribution in [0.25, 0.3) is 0 Å². The third-order valence-corrected chi connectivity index (χ3v) is 5.85. The molecule has 0 spiro atoms. The van der Waals surface area contributed by atoms with E-state index in [0.29, 0.717) is 11.1 Å². The first-order valence-corrected chi connectivity index (χ1v) is 9.88. The number of hydrogen-bond acceptors (Lipinski definition) is 3. The molecule has 138 valence electrons. The highest BCUT2D eigenvalue weighted by atomic mass is 79.9. The Morgan fingerprint density at radius 3 is 2.24 bits per heavy atom. The van der Waals surface area contributed by atoms with Crippen molar-refractivity contribution in [3.05, 3.63) is 40.3 Å². The summed E-state index contributed by atoms with van der Waals surface area (Å²) in [5.41, 5.74) is 1.42. The van der Waals surface area contributed by atoms with E-state index < -0.39 is 23.0 Å². The number of rotatable bonds is 6. The maximum Gasteiger partial charge on any atom is 0.283 e. The van der Waals surface area contributed by atoms with Gasteiger partial charge in [0.05, 0.1) is 18.6 Å². The smallest absolute Gasteiger partial charge is 0.283 e. The van der Waals surface area contributed by atoms with Crippen molar-refractivity contribution in [3.8, 4) is 0 Å². The van der Waals surface area contributed by atoms with Gasteiger partial charge >= 0.3 is 0 Å². The monoisotopic (exact) mass is 435 g/mol. The molecule has 0 aliphatic heterocycles. The van der Waals surface area contributed by atoms with E-state index in [1.165, 1.54) is 12.5 Å². The lowest BCUT2D eigenvalue weighted by molar-refractivity contribution is 0.159. The van der Waals surface area contributed by atoms with Gasteiger partial charge in [-0.2, -0.15) is 8.42 Å². The molecular formula is C16H20BrF2N3O2S. The predicted octanol–water partition coefficient (Wildman–Crippen LogP) is 4.30. The normalized spacial score (nSPS) is 12.2. The van der Waals surface area contributed by atoms with Crippen LogP contribution in [0.3, 0.4) is 0 Å². The SMILES string of the molecule is Cc1cc(Br)cc(C)c1N(CC(F)F)S(=O)(=O)c1cn(C(C)C)cn1. The highest BCUT2D eigenvalue weighted by Gasteiger charge is 2.32. The molecule has 25 heavy (non-hydrogen) atoms. The van der Waals surface area contributed by atoms with Crippen LogP contribution < -0.4 is 4.31 Å². The average molecular weight is 436 g/mol. The quantitative estimate of drug-likeness (QED) is 0.679. The maximum absolute atomic E-state index is 13.2. The summed E-state index contributed by atoms with van der Waals surface area (Å²) in [5.74, 6) is 0. The molecule has 1 aromatic heterocycles. The minimum absolute atomic E-state index is 0.0103. The van der Waals surface area contributed by atoms with Crippen molar-refractivity contribution in [2.45, 2.75) is 45.2 Å². The Morgan fingerprint density at radius 1 is 1.24 bits per heavy atom. The molecule has 9 heteroatoms. The Morgan fingerprint density at radius 2 is 1.80 bits per heavy atom. The van der Waals surface area contributed by atoms with E-state index in [9.17, 15) is 17.2 Å². The van der Waals surface area contributed by atoms with Gasteiger partial charge in [-0.15, -0.1) is 0 Å². The number of benzene rings is 1. The Labute approximate surface area is 154 Å². The standard InChI is InChI=1S/C16H20BrF2N3O2S/c1-10(2)21-8-15(20-9-21)25(23,24)22(7-14(18)19)16-11(3)5-13(17)6-12(16)4/h5-6,8-10,14H,7H2,1-4H3. The maximum atomic E-state index is 13.2. The second kappa shape index (κ2) is 7.41. The molecule has 2 rings (SSSR count). The van der Waals surface area contributed by atoms with Crippen LogP contribution in [0.15, 0.2) is 34.2 Å². The zero-order valence-electron chi connectivity index (χ0n) is 14.4. The Hall–Kier alpha value is -1.48. The first-order chi connectivity index (χ1) is 11.5. The van der Waals surface area contributed by atoms with Gasteiger partial charge < -0.3 is 4.57 Å². The number of imidazole rings is 1. The number of halogens is 3. The molecule has 0 aliphatic rings. The van der Waals surface area contributed by atoms with E-state index in [0.717, 1.165) is 8.78 Å². The van der Waals surface area contributed by atoms with Crippen LogP contribution in [0, 0.1) is 13.8 Å². The topological polar surface area (TPSA) is 55.2 Å². The van der Waals surface area contributed by atoms with E-state index in [-0.39, 0.29) is 16.8 Å². The Bertz CT molecular complexity index is 843. The first-order valence-electron chi connectivity index (χ1n) is 7.65. The summed E-state index contributed by atoms with van der Waals surface area (Å²) in [6.45, 7) is 6.19. The summed E-state index contributed by atoms with van der Waals surface area (Å²) < 4.78 is 55.4. The fourth-order valence-corrected chi connectivity index (χ4v) is 4.76. The van der Waals surface area contributed by atoms with Crippen molar-refractivity contribution >= 4 is 31.6 Å². The summed E-state index contributed by atoms with van der Waals surface area (Å²) in [7, 11) is -4.21. The zero-order valence-corrected chi connectivity index (χ0v) is 16.8. The third kappa shape index (κ3) is 4.20. The number of hydrogen-bond donors (Lipinski definition) is 0. The van der Waals surface area contributed by atoms with Gasteiger partial charge in [0.2, 0.25) is 0 Å². The molecule has 0 fully saturated rings. The van der Waals surface area contributed by atoms with E-state index >= 15 is 0 Å². The molecule has 0 saturated carbocycles. The van der Waals surface area contributed by atoms with Crippen molar-refractivity contribution < 1.29 is 17.2 Å². The number of sulfonamides is 1. The number of nitrogens with zero attached hydrogens (tertiary/aromatic N) is 3. The van der Waals surface area contributed by atoms with Crippen LogP contribution in [-0.2, 0) is 10.0 Å². The van der Waals surface area contributed by atoms with Crippen molar-refractivity contribution in [1.82, 2.24) is 9.55 Å². The molecule has 1 aromatic carbocycles. The largest absolute Gasteiger partial charge is 0.334 e. The van der Waals surface area contributed by atoms with Gasteiger partial charge in [0.1, 0.15) is 0 Å². The van der Waals surface area contributed by atoms with E-state index in [1.807, 2.05) is 13.8 Å². The predicted molar refractivity (Wildman–Crippen MR) is 96.8 cm³/mol. The van der Waals surface area contributed by atoms with Crippen molar-refractivity contribution in [2.75, 3.05) is 10.8 Å². The summed E-state index contributed by atoms with van der Waals surface area (Å²) in [4.78, 5) is 3.92. The molecule has 1 heterocycles. The van der Waals surface area contributed by atoms with Crippen LogP contribution in [-0.4, -0.2) is 30.9 Å². The highest BCUT2D eigenvalue weighted by molar-refractivity contribution is 9.10. The number of anilines is 1. The van der Waals surface area contributed by atoms with Gasteiger partial charge in [0.25, 0.3) is 16.4 Å². The van der Waals surface area contributed by atoms with Gasteiger partial charge in [-0.1, -0.05) is 15.9 Å². The zero-order chi connectivity index (χ0) is 18.9. The minimum atomic E-state index is -4.21. The van der Waals surface area contributed by atoms with Gasteiger partial charge in [-0.25, -0.2) is 13.8 Å². The second-order valence-corrected chi connectivity index (χ2v) is 8.79. The highest BCUT2D eigenvalue weighted by Crippen LogP contribution is 2.33. The average Bonchev–Trinajstić information content (AvgIpc) is 2.95. The van der Waals surface area contributed by atoms with E-state index in [1.54, 1.807) is 30.5 Å². The van der Waals surface area contributed by atoms with Gasteiger partial charge in [-0.05, 0) is 51.0 Å². The van der Waals surface area contributed by atoms with Gasteiger partial charge in [0.15, 0.2) is 5.03 Å². The molecular weight excluding hydrogens is 416 g/mol. The minimum Gasteiger partial charge on any atom is -0.334 e. The molecule has 0 amide bonds. The van der Waals surface area contributed by atoms with E-state index in [2.05, 4.69) is 20.9 Å². The van der Waals surface area contributed by atoms with Crippen molar-refractivity contribution in [2.24, 2.45) is 0 Å². The lowest BCUT2D eigenvalue weighted by Crippen LogP contribution is -2.36. The molecule has 5 nitrogen and oxygen atoms in total. The lowest BCUT2D eigenvalue weighted by atomic mass is 10.1. The molecule has 0 radical (unpaired) electrons. The number of aromatic nitrogens is 2. The lowest BCUT2D eigenvalue weighted by Gasteiger charge is -2.26.